The van der Waals surface area contributed by atoms with Crippen LogP contribution in [-0.4, -0.2) is 37.8 Å². The van der Waals surface area contributed by atoms with E-state index in [1.807, 2.05) is 34.6 Å². The molecule has 1 atom stereocenters. The van der Waals surface area contributed by atoms with E-state index in [4.69, 9.17) is 18.9 Å². The summed E-state index contributed by atoms with van der Waals surface area (Å²) < 4.78 is 22.7. The lowest BCUT2D eigenvalue weighted by Gasteiger charge is -2.19. The van der Waals surface area contributed by atoms with Crippen molar-refractivity contribution in [2.24, 2.45) is 5.92 Å². The van der Waals surface area contributed by atoms with E-state index in [-0.39, 0.29) is 12.0 Å². The summed E-state index contributed by atoms with van der Waals surface area (Å²) in [5.41, 5.74) is 1.84. The van der Waals surface area contributed by atoms with Gasteiger partial charge in [-0.1, -0.05) is 6.92 Å². The number of benzene rings is 1. The second-order valence-electron chi connectivity index (χ2n) is 8.56. The number of thiophene rings is 1. The van der Waals surface area contributed by atoms with E-state index in [2.05, 4.69) is 12.2 Å². The van der Waals surface area contributed by atoms with Crippen LogP contribution in [0.2, 0.25) is 0 Å². The lowest BCUT2D eigenvalue weighted by molar-refractivity contribution is 0.0378. The van der Waals surface area contributed by atoms with E-state index in [1.54, 1.807) is 12.1 Å². The first kappa shape index (κ1) is 25.9. The topological polar surface area (TPSA) is 83.1 Å². The van der Waals surface area contributed by atoms with Gasteiger partial charge in [0.25, 0.3) is 5.91 Å². The zero-order valence-electron chi connectivity index (χ0n) is 20.9. The molecule has 8 heteroatoms. The predicted octanol–water partition coefficient (Wildman–Crippen LogP) is 5.89. The number of anilines is 1. The van der Waals surface area contributed by atoms with Gasteiger partial charge in [0.1, 0.15) is 5.00 Å². The summed E-state index contributed by atoms with van der Waals surface area (Å²) in [4.78, 5) is 27.5. The van der Waals surface area contributed by atoms with Crippen molar-refractivity contribution >= 4 is 28.2 Å². The van der Waals surface area contributed by atoms with E-state index < -0.39 is 5.97 Å². The highest BCUT2D eigenvalue weighted by Crippen LogP contribution is 2.42. The first-order chi connectivity index (χ1) is 16.3. The number of carbonyl (C=O) groups excluding carboxylic acids is 2. The molecule has 186 valence electrons. The molecule has 0 bridgehead atoms. The number of amides is 1. The third-order valence-electron chi connectivity index (χ3n) is 5.46. The van der Waals surface area contributed by atoms with Crippen molar-refractivity contribution in [2.75, 3.05) is 25.1 Å². The molecule has 0 saturated carbocycles. The van der Waals surface area contributed by atoms with E-state index in [1.165, 1.54) is 11.3 Å². The molecule has 1 aliphatic rings. The predicted molar refractivity (Wildman–Crippen MR) is 134 cm³/mol. The molecule has 0 unspecified atom stereocenters. The van der Waals surface area contributed by atoms with Gasteiger partial charge in [0, 0.05) is 10.4 Å². The normalized spacial score (nSPS) is 15.0. The second kappa shape index (κ2) is 11.6. The van der Waals surface area contributed by atoms with Crippen LogP contribution in [0.3, 0.4) is 0 Å². The van der Waals surface area contributed by atoms with Crippen molar-refractivity contribution < 1.29 is 28.5 Å². The maximum atomic E-state index is 13.4. The van der Waals surface area contributed by atoms with Crippen LogP contribution < -0.4 is 19.5 Å². The van der Waals surface area contributed by atoms with Crippen molar-refractivity contribution in [1.82, 2.24) is 0 Å². The molecule has 1 amide bonds. The summed E-state index contributed by atoms with van der Waals surface area (Å²) in [6.07, 6.45) is 2.46. The van der Waals surface area contributed by atoms with Gasteiger partial charge in [-0.15, -0.1) is 11.3 Å². The van der Waals surface area contributed by atoms with Gasteiger partial charge in [-0.05, 0) is 77.5 Å². The average Bonchev–Trinajstić information content (AvgIpc) is 3.12. The van der Waals surface area contributed by atoms with E-state index >= 15 is 0 Å². The van der Waals surface area contributed by atoms with Crippen LogP contribution in [0.15, 0.2) is 12.1 Å². The van der Waals surface area contributed by atoms with Crippen LogP contribution in [0, 0.1) is 5.92 Å². The summed E-state index contributed by atoms with van der Waals surface area (Å²) in [5, 5.41) is 3.50. The van der Waals surface area contributed by atoms with Crippen molar-refractivity contribution in [3.63, 3.8) is 0 Å². The third kappa shape index (κ3) is 5.84. The lowest BCUT2D eigenvalue weighted by atomic mass is 9.88. The fraction of sp³-hybridized carbons (Fsp3) is 0.538. The maximum absolute atomic E-state index is 13.4. The molecule has 1 heterocycles. The van der Waals surface area contributed by atoms with Crippen LogP contribution >= 0.6 is 11.3 Å². The number of hydrogen-bond donors (Lipinski definition) is 1. The highest BCUT2D eigenvalue weighted by molar-refractivity contribution is 7.17. The Balaban J connectivity index is 1.99. The summed E-state index contributed by atoms with van der Waals surface area (Å²) in [6, 6.07) is 3.29. The third-order valence-corrected chi connectivity index (χ3v) is 6.63. The Hall–Kier alpha value is -2.74. The Morgan fingerprint density at radius 1 is 1.06 bits per heavy atom. The fourth-order valence-electron chi connectivity index (χ4n) is 4.02. The van der Waals surface area contributed by atoms with Gasteiger partial charge >= 0.3 is 5.97 Å². The van der Waals surface area contributed by atoms with Crippen LogP contribution in [0.25, 0.3) is 0 Å². The molecule has 1 aromatic carbocycles. The quantitative estimate of drug-likeness (QED) is 0.419. The minimum Gasteiger partial charge on any atom is -0.490 e. The van der Waals surface area contributed by atoms with Crippen LogP contribution in [0.5, 0.6) is 17.2 Å². The largest absolute Gasteiger partial charge is 0.490 e. The lowest BCUT2D eigenvalue weighted by Crippen LogP contribution is -2.19. The van der Waals surface area contributed by atoms with Gasteiger partial charge < -0.3 is 24.3 Å². The Kier molecular flexibility index (Phi) is 8.83. The van der Waals surface area contributed by atoms with Crippen molar-refractivity contribution in [3.8, 4) is 17.2 Å². The summed E-state index contributed by atoms with van der Waals surface area (Å²) >= 11 is 1.46. The standard InChI is InChI=1S/C26H35NO6S/c1-7-30-19-13-17(14-20(31-8-2)23(19)32-9-3)24(28)27-25-22(26(29)33-15(4)5)18-11-10-16(6)12-21(18)34-25/h13-16H,7-12H2,1-6H3,(H,27,28)/t16-/m1/s1. The van der Waals surface area contributed by atoms with Crippen molar-refractivity contribution in [2.45, 2.75) is 66.9 Å². The second-order valence-corrected chi connectivity index (χ2v) is 9.67. The van der Waals surface area contributed by atoms with Crippen LogP contribution in [0.1, 0.15) is 79.1 Å². The Morgan fingerprint density at radius 3 is 2.24 bits per heavy atom. The molecule has 1 N–H and O–H groups in total. The molecule has 34 heavy (non-hydrogen) atoms. The van der Waals surface area contributed by atoms with Crippen molar-refractivity contribution in [3.05, 3.63) is 33.7 Å². The van der Waals surface area contributed by atoms with E-state index in [0.717, 1.165) is 29.7 Å². The Labute approximate surface area is 205 Å². The summed E-state index contributed by atoms with van der Waals surface area (Å²) in [5.74, 6) is 1.16. The summed E-state index contributed by atoms with van der Waals surface area (Å²) in [6.45, 7) is 12.7. The summed E-state index contributed by atoms with van der Waals surface area (Å²) in [7, 11) is 0. The van der Waals surface area contributed by atoms with Crippen LogP contribution in [0.4, 0.5) is 5.00 Å². The zero-order chi connectivity index (χ0) is 24.8. The smallest absolute Gasteiger partial charge is 0.341 e. The fourth-order valence-corrected chi connectivity index (χ4v) is 5.42. The molecule has 3 rings (SSSR count). The van der Waals surface area contributed by atoms with Gasteiger partial charge in [-0.3, -0.25) is 4.79 Å². The van der Waals surface area contributed by atoms with Crippen molar-refractivity contribution in [1.29, 1.82) is 0 Å². The number of carbonyl (C=O) groups is 2. The van der Waals surface area contributed by atoms with Gasteiger partial charge in [-0.25, -0.2) is 4.79 Å². The molecule has 7 nitrogen and oxygen atoms in total. The first-order valence-corrected chi connectivity index (χ1v) is 12.8. The molecule has 0 radical (unpaired) electrons. The number of esters is 1. The number of nitrogens with one attached hydrogen (secondary N) is 1. The molecule has 2 aromatic rings. The molecule has 1 aliphatic carbocycles. The number of rotatable bonds is 10. The highest BCUT2D eigenvalue weighted by Gasteiger charge is 2.30. The molecule has 0 aliphatic heterocycles. The molecule has 0 saturated heterocycles. The maximum Gasteiger partial charge on any atom is 0.341 e. The van der Waals surface area contributed by atoms with Gasteiger partial charge in [-0.2, -0.15) is 0 Å². The number of hydrogen-bond acceptors (Lipinski definition) is 7. The molecule has 0 fully saturated rings. The van der Waals surface area contributed by atoms with E-state index in [9.17, 15) is 9.59 Å². The molecule has 0 spiro atoms. The number of ether oxygens (including phenoxy) is 4. The average molecular weight is 490 g/mol. The molecule has 1 aromatic heterocycles. The monoisotopic (exact) mass is 489 g/mol. The molecular weight excluding hydrogens is 454 g/mol. The SMILES string of the molecule is CCOc1cc(C(=O)Nc2sc3c(c2C(=O)OC(C)C)CC[C@@H](C)C3)cc(OCC)c1OCC. The van der Waals surface area contributed by atoms with Gasteiger partial charge in [0.15, 0.2) is 11.5 Å². The number of fused-ring (bicyclic) bond motifs is 1. The Bertz CT molecular complexity index is 1000. The first-order valence-electron chi connectivity index (χ1n) is 12.0. The zero-order valence-corrected chi connectivity index (χ0v) is 21.7. The van der Waals surface area contributed by atoms with Crippen LogP contribution in [-0.2, 0) is 17.6 Å². The van der Waals surface area contributed by atoms with Gasteiger partial charge in [0.2, 0.25) is 5.75 Å². The minimum atomic E-state index is -0.394. The molecular formula is C26H35NO6S. The minimum absolute atomic E-state index is 0.247. The highest BCUT2D eigenvalue weighted by atomic mass is 32.1. The Morgan fingerprint density at radius 2 is 1.68 bits per heavy atom. The van der Waals surface area contributed by atoms with Gasteiger partial charge in [0.05, 0.1) is 31.5 Å². The van der Waals surface area contributed by atoms with E-state index in [0.29, 0.717) is 59.1 Å².